The van der Waals surface area contributed by atoms with Gasteiger partial charge in [-0.05, 0) is 79.3 Å². The molecule has 5 nitrogen and oxygen atoms in total. The predicted molar refractivity (Wildman–Crippen MR) is 149 cm³/mol. The van der Waals surface area contributed by atoms with Crippen molar-refractivity contribution in [2.24, 2.45) is 11.8 Å². The number of hydrogen-bond donors (Lipinski definition) is 2. The Hall–Kier alpha value is -2.29. The molecular formula is C30H34Cl2F3N3O2. The van der Waals surface area contributed by atoms with Gasteiger partial charge in [0.1, 0.15) is 6.42 Å². The number of carbonyl (C=O) groups is 2. The van der Waals surface area contributed by atoms with Crippen molar-refractivity contribution in [2.45, 2.75) is 75.2 Å². The van der Waals surface area contributed by atoms with Crippen LogP contribution < -0.4 is 10.6 Å². The first kappa shape index (κ1) is 29.2. The van der Waals surface area contributed by atoms with Gasteiger partial charge in [-0.3, -0.25) is 9.59 Å². The Kier molecular flexibility index (Phi) is 8.98. The zero-order valence-corrected chi connectivity index (χ0v) is 23.6. The van der Waals surface area contributed by atoms with Crippen molar-refractivity contribution in [1.82, 2.24) is 15.5 Å². The van der Waals surface area contributed by atoms with Gasteiger partial charge in [0.25, 0.3) is 0 Å². The van der Waals surface area contributed by atoms with E-state index >= 15 is 0 Å². The minimum absolute atomic E-state index is 0.0277. The summed E-state index contributed by atoms with van der Waals surface area (Å²) in [4.78, 5) is 26.0. The first-order chi connectivity index (χ1) is 19.1. The molecule has 2 aromatic rings. The van der Waals surface area contributed by atoms with Crippen LogP contribution in [0.2, 0.25) is 10.0 Å². The summed E-state index contributed by atoms with van der Waals surface area (Å²) in [5, 5.41) is 8.28. The molecule has 3 fully saturated rings. The summed E-state index contributed by atoms with van der Waals surface area (Å²) < 4.78 is 38.0. The molecule has 10 heteroatoms. The second-order valence-electron chi connectivity index (χ2n) is 11.4. The number of piperidine rings is 2. The lowest BCUT2D eigenvalue weighted by atomic mass is 9.65. The topological polar surface area (TPSA) is 61.4 Å². The lowest BCUT2D eigenvalue weighted by molar-refractivity contribution is -0.162. The molecule has 0 spiro atoms. The number of likely N-dealkylation sites (tertiary alicyclic amines) is 1. The van der Waals surface area contributed by atoms with Crippen LogP contribution in [0.4, 0.5) is 13.2 Å². The van der Waals surface area contributed by atoms with Crippen LogP contribution in [-0.4, -0.2) is 54.1 Å². The van der Waals surface area contributed by atoms with E-state index in [1.807, 2.05) is 24.3 Å². The molecular weight excluding hydrogens is 562 g/mol. The average molecular weight is 597 g/mol. The van der Waals surface area contributed by atoms with Gasteiger partial charge in [-0.25, -0.2) is 0 Å². The van der Waals surface area contributed by atoms with Crippen LogP contribution in [-0.2, 0) is 9.59 Å². The van der Waals surface area contributed by atoms with Crippen LogP contribution in [0.1, 0.15) is 62.0 Å². The van der Waals surface area contributed by atoms with Crippen LogP contribution in [0, 0.1) is 11.8 Å². The van der Waals surface area contributed by atoms with Crippen LogP contribution in [0.15, 0.2) is 48.5 Å². The highest BCUT2D eigenvalue weighted by Gasteiger charge is 2.44. The maximum absolute atomic E-state index is 12.7. The third-order valence-electron chi connectivity index (χ3n) is 8.79. The number of amides is 2. The van der Waals surface area contributed by atoms with Crippen LogP contribution in [0.5, 0.6) is 0 Å². The summed E-state index contributed by atoms with van der Waals surface area (Å²) in [7, 11) is 0. The zero-order chi connectivity index (χ0) is 28.4. The fraction of sp³-hybridized carbons (Fsp3) is 0.533. The molecule has 1 saturated carbocycles. The maximum Gasteiger partial charge on any atom is 0.397 e. The molecule has 2 saturated heterocycles. The van der Waals surface area contributed by atoms with Gasteiger partial charge in [-0.15, -0.1) is 0 Å². The van der Waals surface area contributed by atoms with Crippen molar-refractivity contribution >= 4 is 35.0 Å². The Morgan fingerprint density at radius 1 is 0.950 bits per heavy atom. The summed E-state index contributed by atoms with van der Waals surface area (Å²) in [6, 6.07) is 16.1. The van der Waals surface area contributed by atoms with Crippen LogP contribution >= 0.6 is 23.2 Å². The predicted octanol–water partition coefficient (Wildman–Crippen LogP) is 6.33. The van der Waals surface area contributed by atoms with E-state index in [9.17, 15) is 22.8 Å². The number of fused-ring (bicyclic) bond motifs is 1. The highest BCUT2D eigenvalue weighted by molar-refractivity contribution is 6.30. The molecule has 216 valence electrons. The largest absolute Gasteiger partial charge is 0.397 e. The Balaban J connectivity index is 1.29. The molecule has 0 radical (unpaired) electrons. The lowest BCUT2D eigenvalue weighted by Gasteiger charge is -2.47. The number of nitrogens with zero attached hydrogens (tertiary/aromatic N) is 1. The first-order valence-corrected chi connectivity index (χ1v) is 14.7. The van der Waals surface area contributed by atoms with Gasteiger partial charge >= 0.3 is 6.18 Å². The van der Waals surface area contributed by atoms with Gasteiger partial charge in [-0.1, -0.05) is 47.5 Å². The summed E-state index contributed by atoms with van der Waals surface area (Å²) in [5.41, 5.74) is 2.38. The third kappa shape index (κ3) is 7.12. The van der Waals surface area contributed by atoms with Gasteiger partial charge < -0.3 is 15.5 Å². The number of carbonyl (C=O) groups excluding carboxylic acids is 2. The zero-order valence-electron chi connectivity index (χ0n) is 22.1. The van der Waals surface area contributed by atoms with E-state index in [1.165, 1.54) is 16.0 Å². The van der Waals surface area contributed by atoms with E-state index in [1.54, 1.807) is 0 Å². The van der Waals surface area contributed by atoms with E-state index in [0.29, 0.717) is 35.2 Å². The standard InChI is InChI=1S/C30H34Cl2F3N3O2/c31-21-6-1-18(2-7-21)29(19-3-8-22(32)9-4-19)20-5-10-25-24(15-20)26(16-27(39)37-25)36-23-11-13-38(14-12-23)28(40)17-30(33,34)35/h1-4,6-9,20,23-26,29,36H,5,10-17H2,(H,37,39). The van der Waals surface area contributed by atoms with E-state index in [2.05, 4.69) is 34.9 Å². The summed E-state index contributed by atoms with van der Waals surface area (Å²) in [6.07, 6.45) is -1.65. The molecule has 4 unspecified atom stereocenters. The number of nitrogens with one attached hydrogen (secondary N) is 2. The van der Waals surface area contributed by atoms with Crippen molar-refractivity contribution in [1.29, 1.82) is 0 Å². The molecule has 2 N–H and O–H groups in total. The number of halogens is 5. The average Bonchev–Trinajstić information content (AvgIpc) is 2.90. The van der Waals surface area contributed by atoms with Crippen molar-refractivity contribution < 1.29 is 22.8 Å². The number of rotatable bonds is 6. The van der Waals surface area contributed by atoms with E-state index in [0.717, 1.165) is 19.3 Å². The molecule has 2 amide bonds. The maximum atomic E-state index is 12.7. The molecule has 2 aromatic carbocycles. The lowest BCUT2D eigenvalue weighted by Crippen LogP contribution is -2.60. The van der Waals surface area contributed by atoms with Crippen molar-refractivity contribution in [3.05, 3.63) is 69.7 Å². The van der Waals surface area contributed by atoms with Crippen LogP contribution in [0.25, 0.3) is 0 Å². The minimum Gasteiger partial charge on any atom is -0.353 e. The van der Waals surface area contributed by atoms with Gasteiger partial charge in [0.2, 0.25) is 11.8 Å². The van der Waals surface area contributed by atoms with E-state index < -0.39 is 18.5 Å². The van der Waals surface area contributed by atoms with Crippen LogP contribution in [0.3, 0.4) is 0 Å². The van der Waals surface area contributed by atoms with Crippen molar-refractivity contribution in [2.75, 3.05) is 13.1 Å². The smallest absolute Gasteiger partial charge is 0.353 e. The highest BCUT2D eigenvalue weighted by Crippen LogP contribution is 2.45. The van der Waals surface area contributed by atoms with Gasteiger partial charge in [0.05, 0.1) is 0 Å². The second-order valence-corrected chi connectivity index (χ2v) is 12.3. The van der Waals surface area contributed by atoms with Gasteiger partial charge in [0, 0.05) is 53.6 Å². The Bertz CT molecular complexity index is 1140. The summed E-state index contributed by atoms with van der Waals surface area (Å²) in [6.45, 7) is 0.578. The second kappa shape index (κ2) is 12.3. The van der Waals surface area contributed by atoms with Crippen molar-refractivity contribution in [3.8, 4) is 0 Å². The van der Waals surface area contributed by atoms with Crippen molar-refractivity contribution in [3.63, 3.8) is 0 Å². The highest BCUT2D eigenvalue weighted by atomic mass is 35.5. The molecule has 0 bridgehead atoms. The molecule has 5 rings (SSSR count). The van der Waals surface area contributed by atoms with Gasteiger partial charge in [0.15, 0.2) is 0 Å². The molecule has 2 heterocycles. The SMILES string of the molecule is O=C1CC(NC2CCN(C(=O)CC(F)(F)F)CC2)C2CC(C(c3ccc(Cl)cc3)c3ccc(Cl)cc3)CCC2N1. The molecule has 40 heavy (non-hydrogen) atoms. The summed E-state index contributed by atoms with van der Waals surface area (Å²) >= 11 is 12.4. The van der Waals surface area contributed by atoms with E-state index in [4.69, 9.17) is 23.2 Å². The minimum atomic E-state index is -4.50. The monoisotopic (exact) mass is 595 g/mol. The van der Waals surface area contributed by atoms with Gasteiger partial charge in [-0.2, -0.15) is 13.2 Å². The molecule has 0 aromatic heterocycles. The molecule has 1 aliphatic carbocycles. The number of alkyl halides is 3. The Morgan fingerprint density at radius 3 is 2.08 bits per heavy atom. The fourth-order valence-corrected chi connectivity index (χ4v) is 7.18. The van der Waals surface area contributed by atoms with E-state index in [-0.39, 0.29) is 49.0 Å². The first-order valence-electron chi connectivity index (χ1n) is 14.0. The summed E-state index contributed by atoms with van der Waals surface area (Å²) in [5.74, 6) is -0.125. The Labute approximate surface area is 242 Å². The number of hydrogen-bond acceptors (Lipinski definition) is 3. The quantitative estimate of drug-likeness (QED) is 0.410. The Morgan fingerprint density at radius 2 is 1.52 bits per heavy atom. The molecule has 2 aliphatic heterocycles. The number of benzene rings is 2. The molecule has 4 atom stereocenters. The normalized spacial score (nSPS) is 25.9. The fourth-order valence-electron chi connectivity index (χ4n) is 6.92. The molecule has 3 aliphatic rings. The third-order valence-corrected chi connectivity index (χ3v) is 9.29.